The molecule has 3 rings (SSSR count). The number of nitrogens with one attached hydrogen (secondary N) is 1. The molecular formula is C20H25N3O5S2. The molecule has 1 aliphatic heterocycles. The summed E-state index contributed by atoms with van der Waals surface area (Å²) in [7, 11) is -7.30. The van der Waals surface area contributed by atoms with Gasteiger partial charge in [-0.15, -0.1) is 0 Å². The van der Waals surface area contributed by atoms with Crippen LogP contribution in [0.3, 0.4) is 0 Å². The second-order valence-electron chi connectivity index (χ2n) is 7.16. The van der Waals surface area contributed by atoms with E-state index in [-0.39, 0.29) is 23.1 Å². The van der Waals surface area contributed by atoms with Crippen molar-refractivity contribution in [3.8, 4) is 0 Å². The number of nitrogens with two attached hydrogens (primary N) is 1. The predicted octanol–water partition coefficient (Wildman–Crippen LogP) is 0.769. The summed E-state index contributed by atoms with van der Waals surface area (Å²) in [5.41, 5.74) is 2.71. The minimum Gasteiger partial charge on any atom is -0.354 e. The van der Waals surface area contributed by atoms with Crippen molar-refractivity contribution < 1.29 is 21.6 Å². The number of amides is 1. The van der Waals surface area contributed by atoms with Crippen molar-refractivity contribution in [2.75, 3.05) is 12.3 Å². The van der Waals surface area contributed by atoms with Crippen LogP contribution in [0.4, 0.5) is 0 Å². The number of primary sulfonamides is 1. The zero-order valence-corrected chi connectivity index (χ0v) is 18.2. The van der Waals surface area contributed by atoms with E-state index < -0.39 is 26.1 Å². The van der Waals surface area contributed by atoms with Crippen molar-refractivity contribution >= 4 is 26.0 Å². The molecule has 0 bridgehead atoms. The fourth-order valence-electron chi connectivity index (χ4n) is 3.47. The summed E-state index contributed by atoms with van der Waals surface area (Å²) in [5.74, 6) is -0.419. The summed E-state index contributed by atoms with van der Waals surface area (Å²) in [6, 6.07) is 12.8. The maximum absolute atomic E-state index is 12.8. The Morgan fingerprint density at radius 2 is 1.70 bits per heavy atom. The third kappa shape index (κ3) is 5.07. The number of benzene rings is 2. The lowest BCUT2D eigenvalue weighted by Crippen LogP contribution is -2.53. The summed E-state index contributed by atoms with van der Waals surface area (Å²) in [6.45, 7) is 2.04. The van der Waals surface area contributed by atoms with Crippen LogP contribution in [0.25, 0.3) is 0 Å². The minimum atomic E-state index is -3.75. The molecule has 3 N–H and O–H groups in total. The smallest absolute Gasteiger partial charge is 0.238 e. The average Bonchev–Trinajstić information content (AvgIpc) is 2.72. The van der Waals surface area contributed by atoms with E-state index in [9.17, 15) is 21.6 Å². The molecule has 1 aliphatic rings. The number of nitrogens with zero attached hydrogens (tertiary/aromatic N) is 1. The summed E-state index contributed by atoms with van der Waals surface area (Å²) in [4.78, 5) is 12.9. The lowest BCUT2D eigenvalue weighted by molar-refractivity contribution is -0.125. The Balaban J connectivity index is 1.68. The van der Waals surface area contributed by atoms with Crippen LogP contribution in [0.15, 0.2) is 53.4 Å². The van der Waals surface area contributed by atoms with Crippen LogP contribution in [0.5, 0.6) is 0 Å². The van der Waals surface area contributed by atoms with Gasteiger partial charge in [0.1, 0.15) is 6.04 Å². The first-order valence-electron chi connectivity index (χ1n) is 9.57. The van der Waals surface area contributed by atoms with Crippen molar-refractivity contribution in [3.05, 3.63) is 65.2 Å². The summed E-state index contributed by atoms with van der Waals surface area (Å²) >= 11 is 0. The Labute approximate surface area is 177 Å². The van der Waals surface area contributed by atoms with E-state index in [1.54, 1.807) is 19.1 Å². The van der Waals surface area contributed by atoms with Crippen LogP contribution < -0.4 is 10.5 Å². The summed E-state index contributed by atoms with van der Waals surface area (Å²) in [6.07, 6.45) is 0.796. The number of sulfonamides is 2. The molecule has 0 radical (unpaired) electrons. The Bertz CT molecular complexity index is 1130. The van der Waals surface area contributed by atoms with Gasteiger partial charge in [0.15, 0.2) is 0 Å². The summed E-state index contributed by atoms with van der Waals surface area (Å²) in [5, 5.41) is 7.90. The lowest BCUT2D eigenvalue weighted by Gasteiger charge is -2.34. The third-order valence-electron chi connectivity index (χ3n) is 5.19. The van der Waals surface area contributed by atoms with Crippen molar-refractivity contribution in [2.24, 2.45) is 5.14 Å². The molecule has 8 nitrogen and oxygen atoms in total. The fraction of sp³-hybridized carbons (Fsp3) is 0.350. The van der Waals surface area contributed by atoms with E-state index >= 15 is 0 Å². The van der Waals surface area contributed by atoms with Gasteiger partial charge in [-0.1, -0.05) is 36.4 Å². The highest BCUT2D eigenvalue weighted by Gasteiger charge is 2.37. The molecule has 1 heterocycles. The molecule has 0 saturated heterocycles. The Morgan fingerprint density at radius 1 is 1.07 bits per heavy atom. The van der Waals surface area contributed by atoms with Gasteiger partial charge < -0.3 is 5.32 Å². The van der Waals surface area contributed by atoms with Crippen LogP contribution in [-0.4, -0.2) is 45.4 Å². The first-order valence-corrected chi connectivity index (χ1v) is 12.7. The Hall–Kier alpha value is -2.27. The van der Waals surface area contributed by atoms with Gasteiger partial charge in [0.25, 0.3) is 0 Å². The van der Waals surface area contributed by atoms with Gasteiger partial charge in [-0.3, -0.25) is 4.79 Å². The van der Waals surface area contributed by atoms with Crippen LogP contribution in [0.1, 0.15) is 23.6 Å². The zero-order valence-electron chi connectivity index (χ0n) is 16.6. The van der Waals surface area contributed by atoms with Gasteiger partial charge in [-0.05, 0) is 48.6 Å². The second kappa shape index (κ2) is 8.84. The number of carbonyl (C=O) groups excluding carboxylic acids is 1. The van der Waals surface area contributed by atoms with Crippen LogP contribution in [0.2, 0.25) is 0 Å². The van der Waals surface area contributed by atoms with Crippen LogP contribution in [-0.2, 0) is 44.2 Å². The highest BCUT2D eigenvalue weighted by Crippen LogP contribution is 2.26. The zero-order chi connectivity index (χ0) is 21.9. The molecule has 30 heavy (non-hydrogen) atoms. The van der Waals surface area contributed by atoms with Gasteiger partial charge in [-0.2, -0.15) is 4.31 Å². The molecule has 0 fully saturated rings. The first-order chi connectivity index (χ1) is 14.1. The average molecular weight is 452 g/mol. The van der Waals surface area contributed by atoms with E-state index in [1.165, 1.54) is 16.4 Å². The van der Waals surface area contributed by atoms with Crippen molar-refractivity contribution in [3.63, 3.8) is 0 Å². The van der Waals surface area contributed by atoms with E-state index in [4.69, 9.17) is 5.14 Å². The SMILES string of the molecule is CCS(=O)(=O)N1Cc2ccccc2C[C@@H]1C(=O)NCCc1ccc(S(N)(=O)=O)cc1. The molecule has 0 saturated carbocycles. The van der Waals surface area contributed by atoms with Gasteiger partial charge in [-0.25, -0.2) is 22.0 Å². The van der Waals surface area contributed by atoms with Gasteiger partial charge in [0.05, 0.1) is 10.6 Å². The quantitative estimate of drug-likeness (QED) is 0.643. The third-order valence-corrected chi connectivity index (χ3v) is 7.95. The molecule has 162 valence electrons. The first kappa shape index (κ1) is 22.4. The highest BCUT2D eigenvalue weighted by molar-refractivity contribution is 7.89. The minimum absolute atomic E-state index is 0.0246. The maximum atomic E-state index is 12.8. The monoisotopic (exact) mass is 451 g/mol. The van der Waals surface area contributed by atoms with Crippen molar-refractivity contribution in [1.29, 1.82) is 0 Å². The molecule has 0 spiro atoms. The number of fused-ring (bicyclic) bond motifs is 1. The molecule has 2 aromatic rings. The van der Waals surface area contributed by atoms with Crippen molar-refractivity contribution in [2.45, 2.75) is 37.2 Å². The molecule has 0 aromatic heterocycles. The number of carbonyl (C=O) groups is 1. The Morgan fingerprint density at radius 3 is 2.30 bits per heavy atom. The van der Waals surface area contributed by atoms with E-state index in [0.29, 0.717) is 19.4 Å². The molecule has 1 amide bonds. The van der Waals surface area contributed by atoms with Gasteiger partial charge in [0, 0.05) is 13.1 Å². The normalized spacial score (nSPS) is 17.3. The molecule has 1 atom stereocenters. The van der Waals surface area contributed by atoms with Crippen LogP contribution in [0, 0.1) is 0 Å². The van der Waals surface area contributed by atoms with E-state index in [1.807, 2.05) is 24.3 Å². The Kier molecular flexibility index (Phi) is 6.61. The molecule has 0 unspecified atom stereocenters. The highest BCUT2D eigenvalue weighted by atomic mass is 32.2. The molecular weight excluding hydrogens is 426 g/mol. The number of hydrogen-bond acceptors (Lipinski definition) is 5. The largest absolute Gasteiger partial charge is 0.354 e. The second-order valence-corrected chi connectivity index (χ2v) is 10.9. The van der Waals surface area contributed by atoms with E-state index in [0.717, 1.165) is 16.7 Å². The topological polar surface area (TPSA) is 127 Å². The number of hydrogen-bond donors (Lipinski definition) is 2. The predicted molar refractivity (Wildman–Crippen MR) is 113 cm³/mol. The van der Waals surface area contributed by atoms with Gasteiger partial charge in [0.2, 0.25) is 26.0 Å². The number of rotatable bonds is 7. The van der Waals surface area contributed by atoms with E-state index in [2.05, 4.69) is 5.32 Å². The van der Waals surface area contributed by atoms with Crippen molar-refractivity contribution in [1.82, 2.24) is 9.62 Å². The standard InChI is InChI=1S/C20H25N3O5S2/c1-2-29(25,26)23-14-17-6-4-3-5-16(17)13-19(23)20(24)22-12-11-15-7-9-18(10-8-15)30(21,27)28/h3-10,19H,2,11-14H2,1H3,(H,22,24)(H2,21,27,28)/t19-/m1/s1. The molecule has 2 aromatic carbocycles. The lowest BCUT2D eigenvalue weighted by atomic mass is 9.95. The van der Waals surface area contributed by atoms with Gasteiger partial charge >= 0.3 is 0 Å². The molecule has 10 heteroatoms. The van der Waals surface area contributed by atoms with Crippen LogP contribution >= 0.6 is 0 Å². The summed E-state index contributed by atoms with van der Waals surface area (Å²) < 4.78 is 49.1. The maximum Gasteiger partial charge on any atom is 0.238 e. The fourth-order valence-corrected chi connectivity index (χ4v) is 5.22. The molecule has 0 aliphatic carbocycles.